The predicted octanol–water partition coefficient (Wildman–Crippen LogP) is 3.32. The fourth-order valence-electron chi connectivity index (χ4n) is 6.09. The summed E-state index contributed by atoms with van der Waals surface area (Å²) in [6, 6.07) is 8.44. The van der Waals surface area contributed by atoms with Gasteiger partial charge in [-0.15, -0.1) is 0 Å². The molecule has 13 heteroatoms. The Balaban J connectivity index is 1.70. The van der Waals surface area contributed by atoms with Crippen LogP contribution in [0.4, 0.5) is 13.2 Å². The molecule has 2 aromatic carbocycles. The molecule has 1 heterocycles. The normalized spacial score (nSPS) is 22.0. The minimum atomic E-state index is -3.77. The van der Waals surface area contributed by atoms with Gasteiger partial charge >= 0.3 is 0 Å². The lowest BCUT2D eigenvalue weighted by Gasteiger charge is -2.45. The molecule has 2 amide bonds. The van der Waals surface area contributed by atoms with Crippen molar-refractivity contribution in [3.05, 3.63) is 59.7 Å². The lowest BCUT2D eigenvalue weighted by atomic mass is 9.88. The average molecular weight is 637 g/mol. The highest BCUT2D eigenvalue weighted by molar-refractivity contribution is 7.88. The van der Waals surface area contributed by atoms with Gasteiger partial charge in [0.1, 0.15) is 11.7 Å². The molecule has 1 saturated carbocycles. The summed E-state index contributed by atoms with van der Waals surface area (Å²) < 4.78 is 69.7. The van der Waals surface area contributed by atoms with Gasteiger partial charge in [0.2, 0.25) is 21.8 Å². The molecule has 2 aliphatic rings. The number of benzene rings is 2. The summed E-state index contributed by atoms with van der Waals surface area (Å²) in [5, 5.41) is 0. The highest BCUT2D eigenvalue weighted by atomic mass is 32.2. The number of carbonyl (C=O) groups excluding carboxylic acids is 3. The van der Waals surface area contributed by atoms with Gasteiger partial charge in [-0.3, -0.25) is 14.4 Å². The van der Waals surface area contributed by atoms with E-state index in [9.17, 15) is 36.0 Å². The molecule has 0 spiro atoms. The van der Waals surface area contributed by atoms with E-state index < -0.39 is 76.2 Å². The first kappa shape index (κ1) is 33.6. The predicted molar refractivity (Wildman–Crippen MR) is 160 cm³/mol. The van der Waals surface area contributed by atoms with Crippen LogP contribution in [0.15, 0.2) is 48.5 Å². The van der Waals surface area contributed by atoms with Gasteiger partial charge in [-0.2, -0.15) is 4.31 Å². The number of sulfonamides is 1. The van der Waals surface area contributed by atoms with Crippen LogP contribution < -0.4 is 11.5 Å². The summed E-state index contributed by atoms with van der Waals surface area (Å²) in [7, 11) is -3.77. The van der Waals surface area contributed by atoms with Gasteiger partial charge in [-0.1, -0.05) is 55.5 Å². The summed E-state index contributed by atoms with van der Waals surface area (Å²) in [6.07, 6.45) is -1.34. The van der Waals surface area contributed by atoms with E-state index in [-0.39, 0.29) is 18.0 Å². The first-order chi connectivity index (χ1) is 20.4. The van der Waals surface area contributed by atoms with E-state index in [0.717, 1.165) is 26.6 Å². The van der Waals surface area contributed by atoms with Crippen LogP contribution in [0.2, 0.25) is 0 Å². The van der Waals surface area contributed by atoms with Gasteiger partial charge < -0.3 is 16.4 Å². The molecule has 44 heavy (non-hydrogen) atoms. The third-order valence-corrected chi connectivity index (χ3v) is 9.74. The van der Waals surface area contributed by atoms with Crippen LogP contribution in [0.3, 0.4) is 0 Å². The Morgan fingerprint density at radius 3 is 2.00 bits per heavy atom. The van der Waals surface area contributed by atoms with Crippen LogP contribution >= 0.6 is 0 Å². The van der Waals surface area contributed by atoms with E-state index in [2.05, 4.69) is 0 Å². The number of alkyl halides is 3. The average Bonchev–Trinajstić information content (AvgIpc) is 3.73. The second-order valence-electron chi connectivity index (χ2n) is 12.6. The Hall–Kier alpha value is -3.29. The SMILES string of the molecule is C[C@H]1CN(S(C)(=O)=O)CC(=O)[C@H]1N(C(=O)[C@@H](N)CC(C)(C)F)[C@@H](c1ccc(-c2ccc(C3(C(N)=O)CC3)cc2)cc1)C(F)F. The van der Waals surface area contributed by atoms with E-state index >= 15 is 0 Å². The van der Waals surface area contributed by atoms with Crippen molar-refractivity contribution in [2.75, 3.05) is 19.3 Å². The zero-order valence-corrected chi connectivity index (χ0v) is 26.0. The summed E-state index contributed by atoms with van der Waals surface area (Å²) in [5.74, 6) is -2.99. The number of ketones is 1. The topological polar surface area (TPSA) is 144 Å². The number of rotatable bonds is 11. The fourth-order valence-corrected chi connectivity index (χ4v) is 6.95. The van der Waals surface area contributed by atoms with Crippen LogP contribution in [0.5, 0.6) is 0 Å². The zero-order chi connectivity index (χ0) is 32.8. The van der Waals surface area contributed by atoms with Crippen molar-refractivity contribution in [1.82, 2.24) is 9.21 Å². The molecule has 1 aliphatic carbocycles. The number of amides is 2. The van der Waals surface area contributed by atoms with Gasteiger partial charge in [-0.05, 0) is 54.9 Å². The minimum Gasteiger partial charge on any atom is -0.369 e. The molecular weight excluding hydrogens is 597 g/mol. The molecule has 1 aliphatic heterocycles. The van der Waals surface area contributed by atoms with Crippen molar-refractivity contribution < 1.29 is 36.0 Å². The first-order valence-electron chi connectivity index (χ1n) is 14.4. The maximum atomic E-state index is 15.0. The van der Waals surface area contributed by atoms with Crippen molar-refractivity contribution in [3.63, 3.8) is 0 Å². The molecule has 0 aromatic heterocycles. The Bertz CT molecular complexity index is 1510. The minimum absolute atomic E-state index is 0.0247. The second kappa shape index (κ2) is 12.2. The number of hydrogen-bond acceptors (Lipinski definition) is 6. The molecule has 0 bridgehead atoms. The summed E-state index contributed by atoms with van der Waals surface area (Å²) in [4.78, 5) is 39.7. The number of piperidine rings is 1. The number of nitrogens with two attached hydrogens (primary N) is 2. The molecule has 0 unspecified atom stereocenters. The molecule has 9 nitrogen and oxygen atoms in total. The molecule has 4 N–H and O–H groups in total. The second-order valence-corrected chi connectivity index (χ2v) is 14.6. The summed E-state index contributed by atoms with van der Waals surface area (Å²) >= 11 is 0. The number of nitrogens with zero attached hydrogens (tertiary/aromatic N) is 2. The number of halogens is 3. The van der Waals surface area contributed by atoms with Crippen LogP contribution in [-0.2, 0) is 29.8 Å². The van der Waals surface area contributed by atoms with E-state index in [1.54, 1.807) is 24.3 Å². The highest BCUT2D eigenvalue weighted by Gasteiger charge is 2.50. The Labute approximate surface area is 255 Å². The van der Waals surface area contributed by atoms with Crippen LogP contribution in [0, 0.1) is 5.92 Å². The van der Waals surface area contributed by atoms with E-state index in [4.69, 9.17) is 11.5 Å². The summed E-state index contributed by atoms with van der Waals surface area (Å²) in [6.45, 7) is 3.15. The highest BCUT2D eigenvalue weighted by Crippen LogP contribution is 2.48. The van der Waals surface area contributed by atoms with Crippen molar-refractivity contribution >= 4 is 27.6 Å². The molecule has 1 saturated heterocycles. The first-order valence-corrected chi connectivity index (χ1v) is 16.2. The van der Waals surface area contributed by atoms with E-state index in [0.29, 0.717) is 18.4 Å². The summed E-state index contributed by atoms with van der Waals surface area (Å²) in [5.41, 5.74) is 11.4. The fraction of sp³-hybridized carbons (Fsp3) is 0.516. The van der Waals surface area contributed by atoms with Crippen LogP contribution in [0.25, 0.3) is 11.1 Å². The monoisotopic (exact) mass is 636 g/mol. The maximum absolute atomic E-state index is 15.0. The molecule has 2 fully saturated rings. The molecule has 4 rings (SSSR count). The molecule has 0 radical (unpaired) electrons. The third-order valence-electron chi connectivity index (χ3n) is 8.52. The number of hydrogen-bond donors (Lipinski definition) is 2. The number of carbonyl (C=O) groups is 3. The Kier molecular flexibility index (Phi) is 9.35. The lowest BCUT2D eigenvalue weighted by molar-refractivity contribution is -0.153. The smallest absolute Gasteiger partial charge is 0.262 e. The van der Waals surface area contributed by atoms with Crippen LogP contribution in [0.1, 0.15) is 57.2 Å². The number of Topliss-reactive ketones (excluding diaryl/α,β-unsaturated/α-hetero) is 1. The molecule has 4 atom stereocenters. The molecular formula is C31H39F3N4O5S. The van der Waals surface area contributed by atoms with E-state index in [1.165, 1.54) is 32.9 Å². The van der Waals surface area contributed by atoms with Gasteiger partial charge in [0.15, 0.2) is 5.78 Å². The molecule has 240 valence electrons. The van der Waals surface area contributed by atoms with Crippen molar-refractivity contribution in [1.29, 1.82) is 0 Å². The van der Waals surface area contributed by atoms with Crippen molar-refractivity contribution in [2.45, 2.75) is 75.7 Å². The molecule has 2 aromatic rings. The van der Waals surface area contributed by atoms with E-state index in [1.807, 2.05) is 12.1 Å². The van der Waals surface area contributed by atoms with Crippen molar-refractivity contribution in [2.24, 2.45) is 17.4 Å². The van der Waals surface area contributed by atoms with Gasteiger partial charge in [0.05, 0.1) is 30.3 Å². The largest absolute Gasteiger partial charge is 0.369 e. The van der Waals surface area contributed by atoms with Crippen LogP contribution in [-0.4, -0.2) is 78.7 Å². The maximum Gasteiger partial charge on any atom is 0.262 e. The quantitative estimate of drug-likeness (QED) is 0.387. The van der Waals surface area contributed by atoms with Crippen molar-refractivity contribution in [3.8, 4) is 11.1 Å². The third kappa shape index (κ3) is 7.00. The van der Waals surface area contributed by atoms with Gasteiger partial charge in [0.25, 0.3) is 6.43 Å². The van der Waals surface area contributed by atoms with Gasteiger partial charge in [0, 0.05) is 13.0 Å². The lowest BCUT2D eigenvalue weighted by Crippen LogP contribution is -2.62. The Morgan fingerprint density at radius 2 is 1.59 bits per heavy atom. The zero-order valence-electron chi connectivity index (χ0n) is 25.2. The standard InChI is InChI=1S/C31H39F3N4O5S/c1-18-16-37(44(4,42)43)17-24(39)25(18)38(28(40)23(35)15-30(2,3)34)26(27(32)33)21-7-5-19(6-8-21)20-9-11-22(12-10-20)31(13-14-31)29(36)41/h5-12,18,23,25-27H,13-17,35H2,1-4H3,(H2,36,41)/t18-,23-,25-,26-/m0/s1. The van der Waals surface area contributed by atoms with Gasteiger partial charge in [-0.25, -0.2) is 21.6 Å². The Morgan fingerprint density at radius 1 is 1.07 bits per heavy atom. The number of primary amides is 1.